The van der Waals surface area contributed by atoms with Crippen LogP contribution in [-0.4, -0.2) is 62.2 Å². The number of anilines is 1. The summed E-state index contributed by atoms with van der Waals surface area (Å²) < 4.78 is 25.0. The summed E-state index contributed by atoms with van der Waals surface area (Å²) in [5.41, 5.74) is 6.95. The lowest BCUT2D eigenvalue weighted by Crippen LogP contribution is -2.17. The minimum absolute atomic E-state index is 0.277. The SMILES string of the molecule is C[C@H](Cn1cnc2c(N)ncnc21)OCP(=O)(O)OCCCCCCCCCCCCCCCCC#CS(C)(C)C. The van der Waals surface area contributed by atoms with E-state index in [1.807, 2.05) is 6.92 Å². The van der Waals surface area contributed by atoms with Gasteiger partial charge in [-0.25, -0.2) is 15.0 Å². The highest BCUT2D eigenvalue weighted by atomic mass is 32.3. The summed E-state index contributed by atoms with van der Waals surface area (Å²) in [5, 5.41) is 3.39. The molecule has 11 heteroatoms. The Morgan fingerprint density at radius 2 is 1.49 bits per heavy atom. The molecule has 0 spiro atoms. The van der Waals surface area contributed by atoms with Crippen LogP contribution in [0.4, 0.5) is 5.82 Å². The Labute approximate surface area is 249 Å². The zero-order valence-corrected chi connectivity index (χ0v) is 27.6. The average molecular weight is 612 g/mol. The number of nitrogens with zero attached hydrogens (tertiary/aromatic N) is 4. The molecule has 2 aromatic rings. The van der Waals surface area contributed by atoms with Crippen LogP contribution >= 0.6 is 17.6 Å². The van der Waals surface area contributed by atoms with Crippen LogP contribution in [0, 0.1) is 11.2 Å². The second kappa shape index (κ2) is 19.5. The van der Waals surface area contributed by atoms with Gasteiger partial charge in [-0.3, -0.25) is 4.57 Å². The predicted octanol–water partition coefficient (Wildman–Crippen LogP) is 7.48. The molecule has 9 nitrogen and oxygen atoms in total. The molecule has 2 atom stereocenters. The molecule has 0 bridgehead atoms. The summed E-state index contributed by atoms with van der Waals surface area (Å²) in [4.78, 5) is 22.5. The number of unbranched alkanes of at least 4 members (excludes halogenated alkanes) is 14. The second-order valence-corrected chi connectivity index (χ2v) is 17.4. The molecule has 2 heterocycles. The molecule has 0 aromatic carbocycles. The predicted molar refractivity (Wildman–Crippen MR) is 173 cm³/mol. The molecule has 0 fully saturated rings. The third-order valence-corrected chi connectivity index (χ3v) is 8.59. The van der Waals surface area contributed by atoms with Crippen molar-refractivity contribution in [2.24, 2.45) is 0 Å². The van der Waals surface area contributed by atoms with Crippen molar-refractivity contribution in [2.45, 2.75) is 116 Å². The minimum Gasteiger partial charge on any atom is -0.382 e. The highest BCUT2D eigenvalue weighted by Crippen LogP contribution is 2.42. The van der Waals surface area contributed by atoms with E-state index in [-0.39, 0.29) is 19.1 Å². The van der Waals surface area contributed by atoms with Crippen LogP contribution in [0.5, 0.6) is 0 Å². The maximum atomic E-state index is 12.3. The van der Waals surface area contributed by atoms with Crippen molar-refractivity contribution in [1.82, 2.24) is 19.5 Å². The van der Waals surface area contributed by atoms with Gasteiger partial charge >= 0.3 is 7.60 Å². The number of nitrogen functional groups attached to an aromatic ring is 1. The molecular weight excluding hydrogens is 557 g/mol. The number of imidazole rings is 1. The summed E-state index contributed by atoms with van der Waals surface area (Å²) in [7, 11) is -4.45. The largest absolute Gasteiger partial charge is 0.382 e. The van der Waals surface area contributed by atoms with E-state index in [0.717, 1.165) is 25.7 Å². The topological polar surface area (TPSA) is 125 Å². The quantitative estimate of drug-likeness (QED) is 0.0797. The molecule has 0 aliphatic rings. The van der Waals surface area contributed by atoms with Crippen LogP contribution in [0.1, 0.15) is 103 Å². The van der Waals surface area contributed by atoms with Crippen molar-refractivity contribution in [3.8, 4) is 11.2 Å². The van der Waals surface area contributed by atoms with Gasteiger partial charge in [-0.1, -0.05) is 88.2 Å². The van der Waals surface area contributed by atoms with Crippen molar-refractivity contribution in [3.05, 3.63) is 12.7 Å². The molecule has 234 valence electrons. The highest BCUT2D eigenvalue weighted by Gasteiger charge is 2.21. The van der Waals surface area contributed by atoms with Crippen molar-refractivity contribution in [1.29, 1.82) is 0 Å². The second-order valence-electron chi connectivity index (χ2n) is 11.7. The first-order valence-corrected chi connectivity index (χ1v) is 19.9. The number of fused-ring (bicyclic) bond motifs is 1. The molecule has 0 aliphatic carbocycles. The van der Waals surface area contributed by atoms with Crippen molar-refractivity contribution in [2.75, 3.05) is 37.5 Å². The van der Waals surface area contributed by atoms with Crippen molar-refractivity contribution < 1.29 is 18.7 Å². The summed E-state index contributed by atoms with van der Waals surface area (Å²) in [6.45, 7) is 2.52. The number of aromatic nitrogens is 4. The molecule has 0 amide bonds. The fourth-order valence-corrected chi connectivity index (χ4v) is 6.00. The third-order valence-electron chi connectivity index (χ3n) is 6.77. The monoisotopic (exact) mass is 611 g/mol. The molecule has 0 saturated heterocycles. The van der Waals surface area contributed by atoms with Crippen LogP contribution in [-0.2, 0) is 20.4 Å². The lowest BCUT2D eigenvalue weighted by atomic mass is 10.0. The number of ether oxygens (including phenoxy) is 1. The fourth-order valence-electron chi connectivity index (χ4n) is 4.53. The first kappa shape index (κ1) is 35.6. The van der Waals surface area contributed by atoms with E-state index >= 15 is 0 Å². The van der Waals surface area contributed by atoms with Gasteiger partial charge in [-0.15, -0.1) is 0 Å². The van der Waals surface area contributed by atoms with Crippen LogP contribution in [0.3, 0.4) is 0 Å². The number of hydrogen-bond donors (Lipinski definition) is 2. The fraction of sp³-hybridized carbons (Fsp3) is 0.767. The smallest absolute Gasteiger partial charge is 0.353 e. The van der Waals surface area contributed by atoms with E-state index in [0.29, 0.717) is 23.5 Å². The van der Waals surface area contributed by atoms with Crippen LogP contribution < -0.4 is 5.73 Å². The van der Waals surface area contributed by atoms with Gasteiger partial charge in [0.15, 0.2) is 11.5 Å². The molecule has 3 N–H and O–H groups in total. The maximum Gasteiger partial charge on any atom is 0.353 e. The summed E-state index contributed by atoms with van der Waals surface area (Å²) in [5.74, 6) is 3.66. The normalized spacial score (nSPS) is 14.5. The summed E-state index contributed by atoms with van der Waals surface area (Å²) >= 11 is 0. The standard InChI is InChI=1S/C30H54N5O4PS/c1-27(23-35-25-34-28-29(31)32-24-33-30(28)35)38-26-40(36,37)39-21-19-17-15-13-11-9-7-5-6-8-10-12-14-16-18-20-22-41(2,3)4/h24-25,27H,5-19,21,23,26H2,1-4H3,(H,36,37)(H2,31,32,33)/t27-/m1/s1. The molecule has 0 radical (unpaired) electrons. The van der Waals surface area contributed by atoms with Gasteiger partial charge in [0.25, 0.3) is 0 Å². The van der Waals surface area contributed by atoms with E-state index < -0.39 is 17.6 Å². The lowest BCUT2D eigenvalue weighted by molar-refractivity contribution is 0.0715. The molecule has 1 unspecified atom stereocenters. The van der Waals surface area contributed by atoms with Gasteiger partial charge in [0.05, 0.1) is 25.6 Å². The molecule has 2 aromatic heterocycles. The third kappa shape index (κ3) is 16.6. The number of hydrogen-bond acceptors (Lipinski definition) is 7. The van der Waals surface area contributed by atoms with Crippen LogP contribution in [0.25, 0.3) is 11.2 Å². The van der Waals surface area contributed by atoms with Gasteiger partial charge in [-0.2, -0.15) is 10.0 Å². The zero-order valence-electron chi connectivity index (χ0n) is 25.9. The van der Waals surface area contributed by atoms with Crippen molar-refractivity contribution in [3.63, 3.8) is 0 Å². The van der Waals surface area contributed by atoms with Gasteiger partial charge in [0.1, 0.15) is 18.2 Å². The number of nitrogens with two attached hydrogens (primary N) is 1. The van der Waals surface area contributed by atoms with Gasteiger partial charge in [-0.05, 0) is 38.5 Å². The zero-order chi connectivity index (χ0) is 30.0. The lowest BCUT2D eigenvalue weighted by Gasteiger charge is -2.17. The van der Waals surface area contributed by atoms with Crippen molar-refractivity contribution >= 4 is 34.6 Å². The van der Waals surface area contributed by atoms with E-state index in [2.05, 4.69) is 44.9 Å². The molecular formula is C30H54N5O4PS. The Bertz CT molecular complexity index is 1110. The Morgan fingerprint density at radius 1 is 0.927 bits per heavy atom. The molecule has 0 saturated carbocycles. The number of rotatable bonds is 22. The Hall–Kier alpha value is -1.63. The van der Waals surface area contributed by atoms with Gasteiger partial charge < -0.3 is 24.5 Å². The highest BCUT2D eigenvalue weighted by molar-refractivity contribution is 8.35. The van der Waals surface area contributed by atoms with Gasteiger partial charge in [0.2, 0.25) is 0 Å². The Morgan fingerprint density at radius 3 is 2.07 bits per heavy atom. The van der Waals surface area contributed by atoms with E-state index in [1.54, 1.807) is 10.9 Å². The van der Waals surface area contributed by atoms with Gasteiger partial charge in [0, 0.05) is 6.42 Å². The van der Waals surface area contributed by atoms with E-state index in [1.165, 1.54) is 77.0 Å². The van der Waals surface area contributed by atoms with E-state index in [4.69, 9.17) is 15.0 Å². The van der Waals surface area contributed by atoms with E-state index in [9.17, 15) is 9.46 Å². The Kier molecular flexibility index (Phi) is 16.9. The first-order valence-electron chi connectivity index (χ1n) is 15.2. The first-order chi connectivity index (χ1) is 19.6. The van der Waals surface area contributed by atoms with Crippen LogP contribution in [0.15, 0.2) is 12.7 Å². The maximum absolute atomic E-state index is 12.3. The molecule has 41 heavy (non-hydrogen) atoms. The average Bonchev–Trinajstić information content (AvgIpc) is 3.32. The van der Waals surface area contributed by atoms with Crippen LogP contribution in [0.2, 0.25) is 0 Å². The summed E-state index contributed by atoms with van der Waals surface area (Å²) in [6, 6.07) is 0. The molecule has 2 rings (SSSR count). The Balaban J connectivity index is 1.37. The summed E-state index contributed by atoms with van der Waals surface area (Å²) in [6.07, 6.45) is 27.6. The minimum atomic E-state index is -3.79. The molecule has 0 aliphatic heterocycles.